The third-order valence-corrected chi connectivity index (χ3v) is 15.4. The first kappa shape index (κ1) is 40.4. The van der Waals surface area contributed by atoms with Gasteiger partial charge in [0.05, 0.1) is 0 Å². The molecule has 60 heavy (non-hydrogen) atoms. The van der Waals surface area contributed by atoms with Crippen molar-refractivity contribution in [3.63, 3.8) is 0 Å². The summed E-state index contributed by atoms with van der Waals surface area (Å²) in [5.74, 6) is 2.48. The first-order valence-electron chi connectivity index (χ1n) is 21.3. The number of nitrogens with zero attached hydrogens (tertiary/aromatic N) is 4. The van der Waals surface area contributed by atoms with E-state index in [1.54, 1.807) is 0 Å². The van der Waals surface area contributed by atoms with Gasteiger partial charge in [-0.15, -0.1) is 0 Å². The predicted molar refractivity (Wildman–Crippen MR) is 246 cm³/mol. The smallest absolute Gasteiger partial charge is 0.0582 e. The zero-order valence-electron chi connectivity index (χ0n) is 37.5. The van der Waals surface area contributed by atoms with Crippen molar-refractivity contribution in [3.05, 3.63) is 147 Å². The SMILES string of the molecule is Cc1ccnc(-n2c3cc(Oc4cccc(-n5[c](=[Pt])n(-c6ccc(C(C)(C)C)cc6)c6cc(C(C)(C)C)ccc65)c4)ccc3c3ccc4c(c32)C(C)(C)C(C)(C)C4(C)C)c1. The minimum atomic E-state index is -0.0936. The van der Waals surface area contributed by atoms with Gasteiger partial charge in [0.25, 0.3) is 0 Å². The van der Waals surface area contributed by atoms with E-state index in [0.29, 0.717) is 0 Å². The minimum Gasteiger partial charge on any atom is -0.0582 e. The van der Waals surface area contributed by atoms with Crippen molar-refractivity contribution < 1.29 is 24.1 Å². The summed E-state index contributed by atoms with van der Waals surface area (Å²) in [6.07, 6.45) is 1.93. The summed E-state index contributed by atoms with van der Waals surface area (Å²) in [6, 6.07) is 40.0. The third kappa shape index (κ3) is 6.05. The van der Waals surface area contributed by atoms with Crippen LogP contribution < -0.4 is 4.74 Å². The Morgan fingerprint density at radius 1 is 0.567 bits per heavy atom. The standard InChI is InChI=1S/C54H58N4O.Pt/c1-34-27-28-55-47(29-34)58-45-32-40(22-23-41(45)42-24-25-43-48(49(42)58)53(10,11)54(12,13)52(43,8)9)59-39-16-14-15-38(31-39)57-33-56(37-20-17-35(18-21-37)50(2,3)4)46-30-36(51(5,6)7)19-26-44(46)57;/h14-32H,1-13H3;. The molecule has 3 heterocycles. The van der Waals surface area contributed by atoms with Crippen molar-refractivity contribution >= 4 is 32.8 Å². The number of rotatable bonds is 5. The van der Waals surface area contributed by atoms with Crippen LogP contribution in [0.15, 0.2) is 115 Å². The van der Waals surface area contributed by atoms with Gasteiger partial charge in [0.1, 0.15) is 0 Å². The van der Waals surface area contributed by atoms with E-state index in [0.717, 1.165) is 43.5 Å². The van der Waals surface area contributed by atoms with Gasteiger partial charge in [0.2, 0.25) is 0 Å². The molecular weight excluding hydrogens is 916 g/mol. The number of aromatic nitrogens is 4. The Kier molecular flexibility index (Phi) is 9.10. The Morgan fingerprint density at radius 2 is 1.22 bits per heavy atom. The molecule has 1 aliphatic rings. The Balaban J connectivity index is 1.19. The average Bonchev–Trinajstić information content (AvgIpc) is 3.70. The van der Waals surface area contributed by atoms with Crippen LogP contribution in [-0.4, -0.2) is 18.7 Å². The van der Waals surface area contributed by atoms with Crippen LogP contribution in [0.1, 0.15) is 111 Å². The number of hydrogen-bond acceptors (Lipinski definition) is 2. The molecule has 0 saturated carbocycles. The number of aryl methyl sites for hydroxylation is 1. The second-order valence-corrected chi connectivity index (χ2v) is 21.7. The molecule has 0 fully saturated rings. The second kappa shape index (κ2) is 13.5. The molecule has 9 rings (SSSR count). The molecule has 0 saturated heterocycles. The molecule has 0 radical (unpaired) electrons. The number of hydrogen-bond donors (Lipinski definition) is 0. The fourth-order valence-electron chi connectivity index (χ4n) is 9.66. The van der Waals surface area contributed by atoms with Crippen LogP contribution in [0.2, 0.25) is 0 Å². The summed E-state index contributed by atoms with van der Waals surface area (Å²) in [5.41, 5.74) is 13.4. The maximum atomic E-state index is 6.86. The van der Waals surface area contributed by atoms with E-state index < -0.39 is 0 Å². The molecule has 8 aromatic rings. The molecule has 5 aromatic carbocycles. The molecule has 310 valence electrons. The van der Waals surface area contributed by atoms with E-state index in [1.165, 1.54) is 49.6 Å². The van der Waals surface area contributed by atoms with Crippen LogP contribution in [0, 0.1) is 16.1 Å². The van der Waals surface area contributed by atoms with Crippen molar-refractivity contribution in [1.29, 1.82) is 0 Å². The summed E-state index contributed by atoms with van der Waals surface area (Å²) in [7, 11) is 0. The molecular formula is C54H58N4OPt. The number of pyridine rings is 1. The van der Waals surface area contributed by atoms with Gasteiger partial charge in [-0.3, -0.25) is 0 Å². The summed E-state index contributed by atoms with van der Waals surface area (Å²) in [6.45, 7) is 30.3. The average molecular weight is 974 g/mol. The van der Waals surface area contributed by atoms with E-state index in [9.17, 15) is 0 Å². The van der Waals surface area contributed by atoms with E-state index in [2.05, 4.69) is 232 Å². The number of benzene rings is 5. The predicted octanol–water partition coefficient (Wildman–Crippen LogP) is 14.3. The summed E-state index contributed by atoms with van der Waals surface area (Å²) < 4.78 is 15.1. The van der Waals surface area contributed by atoms with E-state index >= 15 is 0 Å². The topological polar surface area (TPSA) is 36.9 Å². The van der Waals surface area contributed by atoms with Crippen LogP contribution >= 0.6 is 0 Å². The van der Waals surface area contributed by atoms with Crippen LogP contribution in [-0.2, 0) is 41.0 Å². The molecule has 0 spiro atoms. The van der Waals surface area contributed by atoms with E-state index in [4.69, 9.17) is 9.72 Å². The van der Waals surface area contributed by atoms with Crippen molar-refractivity contribution in [1.82, 2.24) is 18.7 Å². The Hall–Kier alpha value is -4.99. The van der Waals surface area contributed by atoms with E-state index in [-0.39, 0.29) is 27.1 Å². The van der Waals surface area contributed by atoms with Crippen molar-refractivity contribution in [2.75, 3.05) is 0 Å². The van der Waals surface area contributed by atoms with Crippen LogP contribution in [0.3, 0.4) is 0 Å². The molecule has 0 atom stereocenters. The summed E-state index contributed by atoms with van der Waals surface area (Å²) in [5, 5.41) is 2.44. The minimum absolute atomic E-state index is 0.00916. The molecule has 6 heteroatoms. The van der Waals surface area contributed by atoms with Crippen LogP contribution in [0.5, 0.6) is 11.5 Å². The Morgan fingerprint density at radius 3 is 1.90 bits per heavy atom. The van der Waals surface area contributed by atoms with E-state index in [1.807, 2.05) is 6.20 Å². The van der Waals surface area contributed by atoms with Crippen molar-refractivity contribution in [3.8, 4) is 28.7 Å². The van der Waals surface area contributed by atoms with Crippen molar-refractivity contribution in [2.24, 2.45) is 5.41 Å². The summed E-state index contributed by atoms with van der Waals surface area (Å²) >= 11 is 2.49. The summed E-state index contributed by atoms with van der Waals surface area (Å²) in [4.78, 5) is 4.99. The normalized spacial score (nSPS) is 15.9. The zero-order valence-corrected chi connectivity index (χ0v) is 39.8. The third-order valence-electron chi connectivity index (χ3n) is 14.4. The number of fused-ring (bicyclic) bond motifs is 6. The van der Waals surface area contributed by atoms with Gasteiger partial charge < -0.3 is 0 Å². The zero-order chi connectivity index (χ0) is 42.9. The molecule has 3 aromatic heterocycles. The number of imidazole rings is 1. The molecule has 0 aliphatic heterocycles. The quantitative estimate of drug-likeness (QED) is 0.172. The molecule has 0 amide bonds. The van der Waals surface area contributed by atoms with Crippen molar-refractivity contribution in [2.45, 2.75) is 112 Å². The van der Waals surface area contributed by atoms with Gasteiger partial charge in [-0.25, -0.2) is 0 Å². The molecule has 1 aliphatic carbocycles. The molecule has 0 bridgehead atoms. The van der Waals surface area contributed by atoms with Gasteiger partial charge in [-0.1, -0.05) is 47.6 Å². The first-order chi connectivity index (χ1) is 28.1. The number of ether oxygens (including phenoxy) is 1. The molecule has 0 N–H and O–H groups in total. The van der Waals surface area contributed by atoms with Gasteiger partial charge in [-0.05, 0) is 40.4 Å². The molecule has 5 nitrogen and oxygen atoms in total. The fourth-order valence-corrected chi connectivity index (χ4v) is 10.8. The first-order valence-corrected chi connectivity index (χ1v) is 22.4. The van der Waals surface area contributed by atoms with Gasteiger partial charge in [-0.2, -0.15) is 0 Å². The monoisotopic (exact) mass is 973 g/mol. The fraction of sp³-hybridized carbons (Fsp3) is 0.333. The Bertz CT molecular complexity index is 3080. The maximum absolute atomic E-state index is 6.86. The van der Waals surface area contributed by atoms with Crippen LogP contribution in [0.25, 0.3) is 50.0 Å². The van der Waals surface area contributed by atoms with Crippen LogP contribution in [0.4, 0.5) is 0 Å². The van der Waals surface area contributed by atoms with Gasteiger partial charge in [0, 0.05) is 6.20 Å². The van der Waals surface area contributed by atoms with Gasteiger partial charge in [0.15, 0.2) is 0 Å². The van der Waals surface area contributed by atoms with Gasteiger partial charge >= 0.3 is 274 Å². The second-order valence-electron chi connectivity index (χ2n) is 20.7. The molecule has 0 unspecified atom stereocenters. The Labute approximate surface area is 366 Å².